The van der Waals surface area contributed by atoms with Crippen molar-refractivity contribution in [3.05, 3.63) is 29.3 Å². The summed E-state index contributed by atoms with van der Waals surface area (Å²) in [6, 6.07) is 6.40. The van der Waals surface area contributed by atoms with Crippen LogP contribution in [0, 0.1) is 13.8 Å². The SMILES string of the molecule is Cc1cccc(OC2CCCC2N)c1C. The molecule has 2 atom stereocenters. The first-order valence-corrected chi connectivity index (χ1v) is 5.67. The van der Waals surface area contributed by atoms with Crippen molar-refractivity contribution in [3.8, 4) is 5.75 Å². The molecule has 1 aliphatic rings. The summed E-state index contributed by atoms with van der Waals surface area (Å²) in [6.07, 6.45) is 3.59. The van der Waals surface area contributed by atoms with Crippen LogP contribution in [-0.2, 0) is 0 Å². The van der Waals surface area contributed by atoms with E-state index < -0.39 is 0 Å². The van der Waals surface area contributed by atoms with Crippen LogP contribution in [0.25, 0.3) is 0 Å². The van der Waals surface area contributed by atoms with Crippen LogP contribution in [-0.4, -0.2) is 12.1 Å². The van der Waals surface area contributed by atoms with Crippen LogP contribution in [0.2, 0.25) is 0 Å². The van der Waals surface area contributed by atoms with Gasteiger partial charge in [0, 0.05) is 6.04 Å². The van der Waals surface area contributed by atoms with Crippen molar-refractivity contribution in [3.63, 3.8) is 0 Å². The molecule has 2 nitrogen and oxygen atoms in total. The van der Waals surface area contributed by atoms with E-state index in [4.69, 9.17) is 10.5 Å². The summed E-state index contributed by atoms with van der Waals surface area (Å²) in [6.45, 7) is 4.21. The first kappa shape index (κ1) is 10.5. The second kappa shape index (κ2) is 4.23. The van der Waals surface area contributed by atoms with Crippen molar-refractivity contribution >= 4 is 0 Å². The van der Waals surface area contributed by atoms with E-state index >= 15 is 0 Å². The van der Waals surface area contributed by atoms with Crippen LogP contribution in [0.5, 0.6) is 5.75 Å². The third-order valence-corrected chi connectivity index (χ3v) is 3.34. The van der Waals surface area contributed by atoms with Gasteiger partial charge in [-0.3, -0.25) is 0 Å². The monoisotopic (exact) mass is 205 g/mol. The zero-order chi connectivity index (χ0) is 10.8. The smallest absolute Gasteiger partial charge is 0.122 e. The topological polar surface area (TPSA) is 35.2 Å². The van der Waals surface area contributed by atoms with E-state index in [0.29, 0.717) is 0 Å². The summed E-state index contributed by atoms with van der Waals surface area (Å²) in [4.78, 5) is 0. The number of nitrogens with two attached hydrogens (primary N) is 1. The molecule has 0 aliphatic heterocycles. The number of ether oxygens (including phenoxy) is 1. The zero-order valence-electron chi connectivity index (χ0n) is 9.49. The Morgan fingerprint density at radius 2 is 2.07 bits per heavy atom. The average molecular weight is 205 g/mol. The van der Waals surface area contributed by atoms with Crippen LogP contribution in [0.15, 0.2) is 18.2 Å². The number of aryl methyl sites for hydroxylation is 1. The second-order valence-electron chi connectivity index (χ2n) is 4.45. The van der Waals surface area contributed by atoms with Gasteiger partial charge in [0.05, 0.1) is 0 Å². The molecule has 0 heterocycles. The Labute approximate surface area is 91.4 Å². The molecular weight excluding hydrogens is 186 g/mol. The lowest BCUT2D eigenvalue weighted by Gasteiger charge is -2.19. The minimum absolute atomic E-state index is 0.213. The van der Waals surface area contributed by atoms with Crippen LogP contribution >= 0.6 is 0 Å². The van der Waals surface area contributed by atoms with Crippen molar-refractivity contribution in [2.45, 2.75) is 45.3 Å². The Hall–Kier alpha value is -1.02. The lowest BCUT2D eigenvalue weighted by atomic mass is 10.1. The maximum atomic E-state index is 5.99. The summed E-state index contributed by atoms with van der Waals surface area (Å²) in [5.74, 6) is 0.998. The molecule has 0 saturated heterocycles. The summed E-state index contributed by atoms with van der Waals surface area (Å²) in [5.41, 5.74) is 8.50. The first-order chi connectivity index (χ1) is 7.18. The molecule has 1 aromatic rings. The molecule has 0 radical (unpaired) electrons. The van der Waals surface area contributed by atoms with E-state index in [9.17, 15) is 0 Å². The van der Waals surface area contributed by atoms with Crippen molar-refractivity contribution in [2.75, 3.05) is 0 Å². The van der Waals surface area contributed by atoms with Crippen LogP contribution in [0.1, 0.15) is 30.4 Å². The molecule has 0 aromatic heterocycles. The van der Waals surface area contributed by atoms with E-state index in [-0.39, 0.29) is 12.1 Å². The predicted molar refractivity (Wildman–Crippen MR) is 62.2 cm³/mol. The fraction of sp³-hybridized carbons (Fsp3) is 0.538. The van der Waals surface area contributed by atoms with Gasteiger partial charge < -0.3 is 10.5 Å². The standard InChI is InChI=1S/C13H19NO/c1-9-5-3-7-12(10(9)2)15-13-8-4-6-11(13)14/h3,5,7,11,13H,4,6,8,14H2,1-2H3. The third-order valence-electron chi connectivity index (χ3n) is 3.34. The van der Waals surface area contributed by atoms with Crippen molar-refractivity contribution < 1.29 is 4.74 Å². The van der Waals surface area contributed by atoms with Gasteiger partial charge in [-0.15, -0.1) is 0 Å². The highest BCUT2D eigenvalue weighted by Gasteiger charge is 2.25. The average Bonchev–Trinajstić information content (AvgIpc) is 2.60. The largest absolute Gasteiger partial charge is 0.489 e. The molecule has 0 amide bonds. The van der Waals surface area contributed by atoms with Crippen molar-refractivity contribution in [1.82, 2.24) is 0 Å². The van der Waals surface area contributed by atoms with Crippen LogP contribution in [0.4, 0.5) is 0 Å². The first-order valence-electron chi connectivity index (χ1n) is 5.67. The van der Waals surface area contributed by atoms with Gasteiger partial charge >= 0.3 is 0 Å². The van der Waals surface area contributed by atoms with E-state index in [1.165, 1.54) is 17.5 Å². The van der Waals surface area contributed by atoms with E-state index in [1.54, 1.807) is 0 Å². The zero-order valence-corrected chi connectivity index (χ0v) is 9.49. The van der Waals surface area contributed by atoms with Crippen LogP contribution in [0.3, 0.4) is 0 Å². The van der Waals surface area contributed by atoms with E-state index in [2.05, 4.69) is 19.9 Å². The number of hydrogen-bond acceptors (Lipinski definition) is 2. The minimum atomic E-state index is 0.213. The van der Waals surface area contributed by atoms with E-state index in [0.717, 1.165) is 18.6 Å². The Morgan fingerprint density at radius 3 is 2.73 bits per heavy atom. The highest BCUT2D eigenvalue weighted by molar-refractivity contribution is 5.38. The fourth-order valence-corrected chi connectivity index (χ4v) is 2.12. The molecule has 82 valence electrons. The molecule has 0 spiro atoms. The normalized spacial score (nSPS) is 25.5. The van der Waals surface area contributed by atoms with Gasteiger partial charge in [-0.25, -0.2) is 0 Å². The molecule has 1 saturated carbocycles. The number of benzene rings is 1. The molecule has 2 N–H and O–H groups in total. The highest BCUT2D eigenvalue weighted by atomic mass is 16.5. The molecule has 2 heteroatoms. The number of rotatable bonds is 2. The third kappa shape index (κ3) is 2.15. The Morgan fingerprint density at radius 1 is 1.27 bits per heavy atom. The van der Waals surface area contributed by atoms with Crippen molar-refractivity contribution in [1.29, 1.82) is 0 Å². The summed E-state index contributed by atoms with van der Waals surface area (Å²) in [5, 5.41) is 0. The molecule has 0 bridgehead atoms. The molecular formula is C13H19NO. The van der Waals surface area contributed by atoms with Gasteiger partial charge in [0.2, 0.25) is 0 Å². The maximum Gasteiger partial charge on any atom is 0.122 e. The van der Waals surface area contributed by atoms with Gasteiger partial charge in [0.1, 0.15) is 11.9 Å². The lowest BCUT2D eigenvalue weighted by molar-refractivity contribution is 0.190. The predicted octanol–water partition coefficient (Wildman–Crippen LogP) is 2.56. The maximum absolute atomic E-state index is 5.99. The molecule has 1 aliphatic carbocycles. The molecule has 15 heavy (non-hydrogen) atoms. The Bertz CT molecular complexity index is 348. The quantitative estimate of drug-likeness (QED) is 0.805. The van der Waals surface area contributed by atoms with Gasteiger partial charge in [0.15, 0.2) is 0 Å². The molecule has 1 aromatic carbocycles. The lowest BCUT2D eigenvalue weighted by Crippen LogP contribution is -2.33. The Kier molecular flexibility index (Phi) is 2.96. The Balaban J connectivity index is 2.13. The number of hydrogen-bond donors (Lipinski definition) is 1. The van der Waals surface area contributed by atoms with Crippen molar-refractivity contribution in [2.24, 2.45) is 5.73 Å². The molecule has 1 fully saturated rings. The highest BCUT2D eigenvalue weighted by Crippen LogP contribution is 2.27. The second-order valence-corrected chi connectivity index (χ2v) is 4.45. The fourth-order valence-electron chi connectivity index (χ4n) is 2.12. The molecule has 2 rings (SSSR count). The van der Waals surface area contributed by atoms with Gasteiger partial charge in [-0.05, 0) is 50.3 Å². The summed E-state index contributed by atoms with van der Waals surface area (Å²) < 4.78 is 5.97. The van der Waals surface area contributed by atoms with Gasteiger partial charge in [0.25, 0.3) is 0 Å². The summed E-state index contributed by atoms with van der Waals surface area (Å²) >= 11 is 0. The van der Waals surface area contributed by atoms with E-state index in [1.807, 2.05) is 12.1 Å². The van der Waals surface area contributed by atoms with Gasteiger partial charge in [-0.1, -0.05) is 12.1 Å². The molecule has 2 unspecified atom stereocenters. The van der Waals surface area contributed by atoms with Gasteiger partial charge in [-0.2, -0.15) is 0 Å². The minimum Gasteiger partial charge on any atom is -0.489 e. The summed E-state index contributed by atoms with van der Waals surface area (Å²) in [7, 11) is 0. The van der Waals surface area contributed by atoms with Crippen LogP contribution < -0.4 is 10.5 Å².